The lowest BCUT2D eigenvalue weighted by atomic mass is 10.1. The number of benzene rings is 1. The summed E-state index contributed by atoms with van der Waals surface area (Å²) >= 11 is 4.15. The van der Waals surface area contributed by atoms with Crippen LogP contribution in [0, 0.1) is 10.1 Å². The van der Waals surface area contributed by atoms with Crippen LogP contribution in [0.3, 0.4) is 0 Å². The molecular weight excluding hydrogens is 186 g/mol. The van der Waals surface area contributed by atoms with Crippen molar-refractivity contribution in [2.24, 2.45) is 0 Å². The largest absolute Gasteiger partial charge is 0.265 e. The second-order valence-corrected chi connectivity index (χ2v) is 3.34. The Hall–Kier alpha value is -1.03. The van der Waals surface area contributed by atoms with E-state index in [2.05, 4.69) is 12.6 Å². The van der Waals surface area contributed by atoms with Crippen molar-refractivity contribution in [2.75, 3.05) is 6.54 Å². The summed E-state index contributed by atoms with van der Waals surface area (Å²) in [4.78, 5) is 10.7. The van der Waals surface area contributed by atoms with E-state index in [0.717, 1.165) is 16.9 Å². The SMILES string of the molecule is O=[N+]([O-])CCCc1ccc(S)cc1. The Kier molecular flexibility index (Phi) is 3.76. The van der Waals surface area contributed by atoms with Gasteiger partial charge < -0.3 is 0 Å². The van der Waals surface area contributed by atoms with Crippen LogP contribution in [-0.4, -0.2) is 11.5 Å². The Labute approximate surface area is 82.3 Å². The van der Waals surface area contributed by atoms with E-state index in [1.165, 1.54) is 0 Å². The van der Waals surface area contributed by atoms with Gasteiger partial charge in [-0.2, -0.15) is 0 Å². The fourth-order valence-electron chi connectivity index (χ4n) is 1.07. The van der Waals surface area contributed by atoms with Gasteiger partial charge in [-0.1, -0.05) is 12.1 Å². The van der Waals surface area contributed by atoms with Crippen molar-refractivity contribution in [3.63, 3.8) is 0 Å². The van der Waals surface area contributed by atoms with E-state index >= 15 is 0 Å². The zero-order valence-corrected chi connectivity index (χ0v) is 8.04. The van der Waals surface area contributed by atoms with Crippen molar-refractivity contribution in [2.45, 2.75) is 17.7 Å². The molecule has 1 aromatic carbocycles. The minimum atomic E-state index is -0.285. The minimum Gasteiger partial charge on any atom is -0.265 e. The van der Waals surface area contributed by atoms with Crippen LogP contribution in [0.15, 0.2) is 29.2 Å². The monoisotopic (exact) mass is 197 g/mol. The molecule has 13 heavy (non-hydrogen) atoms. The van der Waals surface area contributed by atoms with Crippen LogP contribution in [0.5, 0.6) is 0 Å². The van der Waals surface area contributed by atoms with Gasteiger partial charge >= 0.3 is 0 Å². The smallest absolute Gasteiger partial charge is 0.204 e. The molecule has 0 spiro atoms. The molecular formula is C9H11NO2S. The molecule has 0 atom stereocenters. The molecule has 0 heterocycles. The van der Waals surface area contributed by atoms with Crippen molar-refractivity contribution in [1.29, 1.82) is 0 Å². The molecule has 0 amide bonds. The molecule has 1 aromatic rings. The van der Waals surface area contributed by atoms with Crippen LogP contribution >= 0.6 is 12.6 Å². The van der Waals surface area contributed by atoms with E-state index in [-0.39, 0.29) is 11.5 Å². The van der Waals surface area contributed by atoms with E-state index in [1.807, 2.05) is 24.3 Å². The normalized spacial score (nSPS) is 9.92. The molecule has 4 heteroatoms. The van der Waals surface area contributed by atoms with Gasteiger partial charge in [0.25, 0.3) is 0 Å². The molecule has 3 nitrogen and oxygen atoms in total. The Bertz CT molecular complexity index is 284. The molecule has 0 bridgehead atoms. The van der Waals surface area contributed by atoms with Crippen molar-refractivity contribution >= 4 is 12.6 Å². The molecule has 1 rings (SSSR count). The van der Waals surface area contributed by atoms with Crippen molar-refractivity contribution in [3.8, 4) is 0 Å². The number of rotatable bonds is 4. The summed E-state index contributed by atoms with van der Waals surface area (Å²) in [7, 11) is 0. The summed E-state index contributed by atoms with van der Waals surface area (Å²) in [6, 6.07) is 7.68. The maximum Gasteiger partial charge on any atom is 0.204 e. The highest BCUT2D eigenvalue weighted by Crippen LogP contribution is 2.09. The van der Waals surface area contributed by atoms with Crippen LogP contribution in [-0.2, 0) is 6.42 Å². The van der Waals surface area contributed by atoms with Crippen molar-refractivity contribution < 1.29 is 4.92 Å². The maximum atomic E-state index is 10.0. The first-order valence-corrected chi connectivity index (χ1v) is 4.53. The van der Waals surface area contributed by atoms with Gasteiger partial charge in [0.15, 0.2) is 0 Å². The standard InChI is InChI=1S/C9H11NO2S/c11-10(12)7-1-2-8-3-5-9(13)6-4-8/h3-6,13H,1-2,7H2. The van der Waals surface area contributed by atoms with E-state index in [1.54, 1.807) is 0 Å². The average molecular weight is 197 g/mol. The molecule has 0 N–H and O–H groups in total. The van der Waals surface area contributed by atoms with Gasteiger partial charge in [-0.15, -0.1) is 12.6 Å². The van der Waals surface area contributed by atoms with Gasteiger partial charge in [0, 0.05) is 16.2 Å². The van der Waals surface area contributed by atoms with Gasteiger partial charge in [0.2, 0.25) is 6.54 Å². The summed E-state index contributed by atoms with van der Waals surface area (Å²) in [6.07, 6.45) is 1.36. The number of hydrogen-bond acceptors (Lipinski definition) is 3. The lowest BCUT2D eigenvalue weighted by Gasteiger charge is -1.98. The first-order valence-electron chi connectivity index (χ1n) is 4.08. The third-order valence-corrected chi connectivity index (χ3v) is 2.04. The molecule has 0 aliphatic rings. The lowest BCUT2D eigenvalue weighted by molar-refractivity contribution is -0.480. The molecule has 0 radical (unpaired) electrons. The number of thiol groups is 1. The van der Waals surface area contributed by atoms with Crippen molar-refractivity contribution in [3.05, 3.63) is 39.9 Å². The molecule has 0 fully saturated rings. The highest BCUT2D eigenvalue weighted by atomic mass is 32.1. The van der Waals surface area contributed by atoms with Gasteiger partial charge in [-0.25, -0.2) is 0 Å². The summed E-state index contributed by atoms with van der Waals surface area (Å²) in [5, 5.41) is 10.0. The molecule has 0 saturated heterocycles. The average Bonchev–Trinajstić information content (AvgIpc) is 2.08. The van der Waals surface area contributed by atoms with E-state index in [0.29, 0.717) is 6.42 Å². The van der Waals surface area contributed by atoms with Gasteiger partial charge in [-0.05, 0) is 24.1 Å². The highest BCUT2D eigenvalue weighted by molar-refractivity contribution is 7.80. The predicted octanol–water partition coefficient (Wildman–Crippen LogP) is 2.18. The molecule has 0 aliphatic carbocycles. The topological polar surface area (TPSA) is 43.1 Å². The van der Waals surface area contributed by atoms with Crippen LogP contribution in [0.4, 0.5) is 0 Å². The maximum absolute atomic E-state index is 10.0. The summed E-state index contributed by atoms with van der Waals surface area (Å²) < 4.78 is 0. The lowest BCUT2D eigenvalue weighted by Crippen LogP contribution is -2.01. The second kappa shape index (κ2) is 4.87. The fraction of sp³-hybridized carbons (Fsp3) is 0.333. The highest BCUT2D eigenvalue weighted by Gasteiger charge is 1.98. The first kappa shape index (κ1) is 10.1. The molecule has 0 saturated carbocycles. The zero-order chi connectivity index (χ0) is 9.68. The summed E-state index contributed by atoms with van der Waals surface area (Å²) in [5.74, 6) is 0. The Balaban J connectivity index is 2.37. The molecule has 0 aromatic heterocycles. The predicted molar refractivity (Wildman–Crippen MR) is 53.9 cm³/mol. The molecule has 70 valence electrons. The van der Waals surface area contributed by atoms with E-state index in [9.17, 15) is 10.1 Å². The number of nitro groups is 1. The zero-order valence-electron chi connectivity index (χ0n) is 7.14. The van der Waals surface area contributed by atoms with Gasteiger partial charge in [0.05, 0.1) is 0 Å². The fourth-order valence-corrected chi connectivity index (χ4v) is 1.22. The quantitative estimate of drug-likeness (QED) is 0.456. The Morgan fingerprint density at radius 3 is 2.46 bits per heavy atom. The van der Waals surface area contributed by atoms with Crippen LogP contribution < -0.4 is 0 Å². The first-order chi connectivity index (χ1) is 6.18. The summed E-state index contributed by atoms with van der Waals surface area (Å²) in [5.41, 5.74) is 1.12. The third-order valence-electron chi connectivity index (χ3n) is 1.74. The Morgan fingerprint density at radius 1 is 1.31 bits per heavy atom. The number of hydrogen-bond donors (Lipinski definition) is 1. The molecule has 0 aliphatic heterocycles. The van der Waals surface area contributed by atoms with Gasteiger partial charge in [-0.3, -0.25) is 10.1 Å². The third kappa shape index (κ3) is 3.94. The number of nitrogens with zero attached hydrogens (tertiary/aromatic N) is 1. The van der Waals surface area contributed by atoms with E-state index < -0.39 is 0 Å². The van der Waals surface area contributed by atoms with E-state index in [4.69, 9.17) is 0 Å². The summed E-state index contributed by atoms with van der Waals surface area (Å²) in [6.45, 7) is 0.0443. The second-order valence-electron chi connectivity index (χ2n) is 2.83. The minimum absolute atomic E-state index is 0.0443. The molecule has 0 unspecified atom stereocenters. The number of aryl methyl sites for hydroxylation is 1. The van der Waals surface area contributed by atoms with Crippen LogP contribution in [0.1, 0.15) is 12.0 Å². The van der Waals surface area contributed by atoms with Gasteiger partial charge in [0.1, 0.15) is 0 Å². The van der Waals surface area contributed by atoms with Crippen LogP contribution in [0.25, 0.3) is 0 Å². The van der Waals surface area contributed by atoms with Crippen LogP contribution in [0.2, 0.25) is 0 Å². The Morgan fingerprint density at radius 2 is 1.92 bits per heavy atom. The van der Waals surface area contributed by atoms with Crippen molar-refractivity contribution in [1.82, 2.24) is 0 Å².